The van der Waals surface area contributed by atoms with Crippen LogP contribution in [0.25, 0.3) is 22.3 Å². The number of nitrogens with two attached hydrogens (primary N) is 1. The van der Waals surface area contributed by atoms with Crippen molar-refractivity contribution < 1.29 is 9.13 Å². The van der Waals surface area contributed by atoms with Gasteiger partial charge in [0.1, 0.15) is 23.5 Å². The molecule has 0 amide bonds. The maximum Gasteiger partial charge on any atom is 0.166 e. The van der Waals surface area contributed by atoms with Gasteiger partial charge in [-0.3, -0.25) is 0 Å². The molecule has 33 heavy (non-hydrogen) atoms. The first-order valence-electron chi connectivity index (χ1n) is 10.4. The highest BCUT2D eigenvalue weighted by Crippen LogP contribution is 2.37. The van der Waals surface area contributed by atoms with Gasteiger partial charge in [0.2, 0.25) is 0 Å². The monoisotopic (exact) mass is 440 g/mol. The Morgan fingerprint density at radius 1 is 0.939 bits per heavy atom. The number of ether oxygens (including phenoxy) is 1. The summed E-state index contributed by atoms with van der Waals surface area (Å²) in [5.41, 5.74) is 9.50. The number of hydrogen-bond donors (Lipinski definition) is 3. The van der Waals surface area contributed by atoms with Crippen LogP contribution in [0.3, 0.4) is 0 Å². The summed E-state index contributed by atoms with van der Waals surface area (Å²) in [7, 11) is 0. The molecule has 0 aliphatic carbocycles. The van der Waals surface area contributed by atoms with Crippen molar-refractivity contribution in [3.8, 4) is 22.8 Å². The minimum Gasteiger partial charge on any atom is -0.453 e. The Hall–Kier alpha value is -4.30. The smallest absolute Gasteiger partial charge is 0.166 e. The number of nitrogens with one attached hydrogen (secondary N) is 2. The summed E-state index contributed by atoms with van der Waals surface area (Å²) >= 11 is 0. The highest BCUT2D eigenvalue weighted by Gasteiger charge is 2.16. The van der Waals surface area contributed by atoms with E-state index in [0.29, 0.717) is 40.4 Å². The molecule has 2 aromatic carbocycles. The summed E-state index contributed by atoms with van der Waals surface area (Å²) in [5, 5.41) is 4.02. The van der Waals surface area contributed by atoms with Gasteiger partial charge in [-0.05, 0) is 29.3 Å². The van der Waals surface area contributed by atoms with Crippen molar-refractivity contribution >= 4 is 16.9 Å². The summed E-state index contributed by atoms with van der Waals surface area (Å²) in [6.07, 6.45) is 4.92. The number of H-pyrrole nitrogens is 1. The van der Waals surface area contributed by atoms with E-state index < -0.39 is 5.82 Å². The molecule has 0 saturated carbocycles. The Labute approximate surface area is 189 Å². The molecule has 0 aliphatic rings. The third-order valence-corrected chi connectivity index (χ3v) is 5.25. The van der Waals surface area contributed by atoms with Gasteiger partial charge in [0.15, 0.2) is 11.6 Å². The van der Waals surface area contributed by atoms with Crippen molar-refractivity contribution in [1.82, 2.24) is 19.9 Å². The summed E-state index contributed by atoms with van der Waals surface area (Å²) in [5.74, 6) is 0.787. The first-order chi connectivity index (χ1) is 16.2. The Balaban J connectivity index is 1.47. The van der Waals surface area contributed by atoms with Crippen LogP contribution in [0.1, 0.15) is 11.1 Å². The van der Waals surface area contributed by atoms with E-state index in [9.17, 15) is 4.39 Å². The molecule has 5 aromatic rings. The van der Waals surface area contributed by atoms with Gasteiger partial charge in [-0.25, -0.2) is 19.3 Å². The van der Waals surface area contributed by atoms with Crippen molar-refractivity contribution in [1.29, 1.82) is 0 Å². The Morgan fingerprint density at radius 3 is 2.64 bits per heavy atom. The fourth-order valence-electron chi connectivity index (χ4n) is 3.58. The van der Waals surface area contributed by atoms with Crippen LogP contribution in [0, 0.1) is 5.82 Å². The molecule has 7 nitrogen and oxygen atoms in total. The van der Waals surface area contributed by atoms with Crippen LogP contribution in [0.5, 0.6) is 11.5 Å². The number of rotatable bonds is 7. The minimum atomic E-state index is -0.477. The predicted octanol–water partition coefficient (Wildman–Crippen LogP) is 5.02. The lowest BCUT2D eigenvalue weighted by Gasteiger charge is -2.10. The fourth-order valence-corrected chi connectivity index (χ4v) is 3.58. The van der Waals surface area contributed by atoms with Crippen molar-refractivity contribution in [2.45, 2.75) is 13.1 Å². The molecule has 0 atom stereocenters. The van der Waals surface area contributed by atoms with E-state index in [1.54, 1.807) is 24.4 Å². The summed E-state index contributed by atoms with van der Waals surface area (Å²) in [4.78, 5) is 16.3. The van der Waals surface area contributed by atoms with Gasteiger partial charge in [0.05, 0.1) is 11.1 Å². The van der Waals surface area contributed by atoms with Crippen LogP contribution in [0.15, 0.2) is 79.4 Å². The van der Waals surface area contributed by atoms with Gasteiger partial charge in [-0.2, -0.15) is 0 Å². The van der Waals surface area contributed by atoms with Gasteiger partial charge in [0, 0.05) is 37.1 Å². The van der Waals surface area contributed by atoms with E-state index in [1.165, 1.54) is 12.4 Å². The second-order valence-corrected chi connectivity index (χ2v) is 7.43. The van der Waals surface area contributed by atoms with Gasteiger partial charge < -0.3 is 20.8 Å². The molecule has 0 saturated heterocycles. The lowest BCUT2D eigenvalue weighted by molar-refractivity contribution is 0.445. The second kappa shape index (κ2) is 9.05. The highest BCUT2D eigenvalue weighted by atomic mass is 19.1. The third-order valence-electron chi connectivity index (χ3n) is 5.25. The molecule has 0 fully saturated rings. The SMILES string of the molecule is NCc1ccc(Oc2ccnc3[nH]cc(-c4cc(NCc5ccccc5)ncn4)c23)c(F)c1. The number of fused-ring (bicyclic) bond motifs is 1. The summed E-state index contributed by atoms with van der Waals surface area (Å²) < 4.78 is 20.5. The van der Waals surface area contributed by atoms with Gasteiger partial charge in [-0.15, -0.1) is 0 Å². The largest absolute Gasteiger partial charge is 0.453 e. The molecule has 3 aromatic heterocycles. The number of aromatic amines is 1. The number of hydrogen-bond acceptors (Lipinski definition) is 6. The molecule has 164 valence electrons. The van der Waals surface area contributed by atoms with Crippen LogP contribution >= 0.6 is 0 Å². The lowest BCUT2D eigenvalue weighted by atomic mass is 10.1. The average Bonchev–Trinajstić information content (AvgIpc) is 3.30. The first kappa shape index (κ1) is 20.6. The van der Waals surface area contributed by atoms with E-state index in [0.717, 1.165) is 11.1 Å². The number of halogens is 1. The van der Waals surface area contributed by atoms with Crippen LogP contribution in [-0.4, -0.2) is 19.9 Å². The molecular weight excluding hydrogens is 419 g/mol. The predicted molar refractivity (Wildman–Crippen MR) is 125 cm³/mol. The van der Waals surface area contributed by atoms with E-state index in [4.69, 9.17) is 10.5 Å². The van der Waals surface area contributed by atoms with E-state index in [2.05, 4.69) is 25.3 Å². The van der Waals surface area contributed by atoms with Crippen molar-refractivity contribution in [2.24, 2.45) is 5.73 Å². The third kappa shape index (κ3) is 4.37. The van der Waals surface area contributed by atoms with Crippen molar-refractivity contribution in [2.75, 3.05) is 5.32 Å². The van der Waals surface area contributed by atoms with Gasteiger partial charge in [0.25, 0.3) is 0 Å². The molecule has 3 heterocycles. The molecule has 0 spiro atoms. The Kier molecular flexibility index (Phi) is 5.65. The fraction of sp³-hybridized carbons (Fsp3) is 0.0800. The van der Waals surface area contributed by atoms with Crippen LogP contribution in [0.2, 0.25) is 0 Å². The molecule has 4 N–H and O–H groups in total. The van der Waals surface area contributed by atoms with Crippen LogP contribution < -0.4 is 15.8 Å². The zero-order chi connectivity index (χ0) is 22.6. The second-order valence-electron chi connectivity index (χ2n) is 7.43. The Bertz CT molecular complexity index is 1400. The van der Waals surface area contributed by atoms with Gasteiger partial charge in [-0.1, -0.05) is 36.4 Å². The maximum absolute atomic E-state index is 14.5. The topological polar surface area (TPSA) is 102 Å². The molecule has 0 bridgehead atoms. The van der Waals surface area contributed by atoms with E-state index in [-0.39, 0.29) is 12.3 Å². The Morgan fingerprint density at radius 2 is 1.82 bits per heavy atom. The molecule has 0 unspecified atom stereocenters. The molecule has 5 rings (SSSR count). The zero-order valence-electron chi connectivity index (χ0n) is 17.6. The van der Waals surface area contributed by atoms with Crippen molar-refractivity contribution in [3.63, 3.8) is 0 Å². The molecule has 0 radical (unpaired) electrons. The van der Waals surface area contributed by atoms with E-state index >= 15 is 0 Å². The molecule has 8 heteroatoms. The average molecular weight is 440 g/mol. The standard InChI is InChI=1S/C25H21FN6O/c26-19-10-17(12-27)6-7-21(19)33-22-8-9-28-25-24(22)18(14-30-25)20-11-23(32-15-31-20)29-13-16-4-2-1-3-5-16/h1-11,14-15H,12-13,27H2,(H,28,30)(H,29,31,32). The van der Waals surface area contributed by atoms with E-state index in [1.807, 2.05) is 42.6 Å². The first-order valence-corrected chi connectivity index (χ1v) is 10.4. The molecule has 0 aliphatic heterocycles. The number of pyridine rings is 1. The number of anilines is 1. The number of benzene rings is 2. The minimum absolute atomic E-state index is 0.111. The maximum atomic E-state index is 14.5. The molecular formula is C25H21FN6O. The normalized spacial score (nSPS) is 11.0. The quantitative estimate of drug-likeness (QED) is 0.328. The zero-order valence-corrected chi connectivity index (χ0v) is 17.6. The summed E-state index contributed by atoms with van der Waals surface area (Å²) in [6, 6.07) is 18.3. The highest BCUT2D eigenvalue weighted by molar-refractivity contribution is 5.97. The van der Waals surface area contributed by atoms with Gasteiger partial charge >= 0.3 is 0 Å². The van der Waals surface area contributed by atoms with Crippen LogP contribution in [0.4, 0.5) is 10.2 Å². The summed E-state index contributed by atoms with van der Waals surface area (Å²) in [6.45, 7) is 0.895. The number of aromatic nitrogens is 4. The number of nitrogens with zero attached hydrogens (tertiary/aromatic N) is 3. The lowest BCUT2D eigenvalue weighted by Crippen LogP contribution is -2.01. The van der Waals surface area contributed by atoms with Crippen molar-refractivity contribution in [3.05, 3.63) is 96.3 Å². The van der Waals surface area contributed by atoms with Crippen LogP contribution in [-0.2, 0) is 13.1 Å².